The number of nitrogens with zero attached hydrogens (tertiary/aromatic N) is 2. The molecule has 2 fully saturated rings. The second kappa shape index (κ2) is 8.07. The van der Waals surface area contributed by atoms with Gasteiger partial charge in [0.25, 0.3) is 5.91 Å². The van der Waals surface area contributed by atoms with Gasteiger partial charge in [-0.15, -0.1) is 0 Å². The van der Waals surface area contributed by atoms with E-state index in [1.54, 1.807) is 17.0 Å². The van der Waals surface area contributed by atoms with Crippen LogP contribution < -0.4 is 0 Å². The molecule has 0 aliphatic carbocycles. The molecule has 2 aliphatic heterocycles. The minimum atomic E-state index is -0.875. The molecule has 1 N–H and O–H groups in total. The summed E-state index contributed by atoms with van der Waals surface area (Å²) in [6.07, 6.45) is 1.51. The Morgan fingerprint density at radius 2 is 1.72 bits per heavy atom. The normalized spacial score (nSPS) is 21.6. The Balaban J connectivity index is 1.46. The number of likely N-dealkylation sites (tertiary alicyclic amines) is 2. The van der Waals surface area contributed by atoms with E-state index in [1.807, 2.05) is 47.4 Å². The summed E-state index contributed by atoms with van der Waals surface area (Å²) < 4.78 is 0. The Hall–Kier alpha value is -3.15. The lowest BCUT2D eigenvalue weighted by Crippen LogP contribution is -2.30. The van der Waals surface area contributed by atoms with E-state index >= 15 is 0 Å². The molecule has 2 atom stereocenters. The molecule has 2 aromatic rings. The highest BCUT2D eigenvalue weighted by atomic mass is 16.4. The van der Waals surface area contributed by atoms with Crippen molar-refractivity contribution in [2.75, 3.05) is 19.6 Å². The first-order chi connectivity index (χ1) is 14.0. The van der Waals surface area contributed by atoms with Gasteiger partial charge in [-0.25, -0.2) is 0 Å². The second-order valence-electron chi connectivity index (χ2n) is 7.79. The molecule has 0 radical (unpaired) electrons. The summed E-state index contributed by atoms with van der Waals surface area (Å²) in [5.74, 6) is -1.67. The molecule has 2 aliphatic rings. The van der Waals surface area contributed by atoms with Gasteiger partial charge in [-0.05, 0) is 29.7 Å². The number of hydrogen-bond donors (Lipinski definition) is 1. The van der Waals surface area contributed by atoms with Crippen molar-refractivity contribution < 1.29 is 19.5 Å². The van der Waals surface area contributed by atoms with Crippen LogP contribution in [0.4, 0.5) is 0 Å². The van der Waals surface area contributed by atoms with Gasteiger partial charge in [0, 0.05) is 44.1 Å². The minimum Gasteiger partial charge on any atom is -0.481 e. The highest BCUT2D eigenvalue weighted by Gasteiger charge is 2.40. The molecule has 6 heteroatoms. The average Bonchev–Trinajstić information content (AvgIpc) is 3.36. The van der Waals surface area contributed by atoms with Gasteiger partial charge in [0.15, 0.2) is 0 Å². The van der Waals surface area contributed by atoms with Crippen LogP contribution in [0.15, 0.2) is 54.6 Å². The molecule has 0 bridgehead atoms. The Morgan fingerprint density at radius 3 is 2.34 bits per heavy atom. The van der Waals surface area contributed by atoms with Gasteiger partial charge in [-0.3, -0.25) is 14.4 Å². The van der Waals surface area contributed by atoms with Gasteiger partial charge in [0.05, 0.1) is 5.92 Å². The van der Waals surface area contributed by atoms with E-state index in [0.29, 0.717) is 25.1 Å². The zero-order chi connectivity index (χ0) is 20.4. The van der Waals surface area contributed by atoms with Crippen molar-refractivity contribution in [2.45, 2.75) is 25.3 Å². The molecule has 6 nitrogen and oxygen atoms in total. The molecule has 2 amide bonds. The Labute approximate surface area is 169 Å². The maximum Gasteiger partial charge on any atom is 0.308 e. The maximum absolute atomic E-state index is 13.0. The first-order valence-corrected chi connectivity index (χ1v) is 9.96. The molecular formula is C23H24N2O4. The molecule has 4 rings (SSSR count). The zero-order valence-corrected chi connectivity index (χ0v) is 16.2. The van der Waals surface area contributed by atoms with Gasteiger partial charge < -0.3 is 14.9 Å². The van der Waals surface area contributed by atoms with Crippen molar-refractivity contribution in [1.29, 1.82) is 0 Å². The summed E-state index contributed by atoms with van der Waals surface area (Å²) >= 11 is 0. The van der Waals surface area contributed by atoms with Crippen LogP contribution in [0.1, 0.15) is 40.2 Å². The Bertz CT molecular complexity index is 910. The third kappa shape index (κ3) is 4.01. The topological polar surface area (TPSA) is 77.9 Å². The summed E-state index contributed by atoms with van der Waals surface area (Å²) in [4.78, 5) is 40.0. The number of benzene rings is 2. The maximum atomic E-state index is 13.0. The van der Waals surface area contributed by atoms with E-state index in [2.05, 4.69) is 0 Å². The molecule has 0 unspecified atom stereocenters. The van der Waals surface area contributed by atoms with Crippen molar-refractivity contribution in [2.24, 2.45) is 5.92 Å². The first kappa shape index (κ1) is 19.2. The van der Waals surface area contributed by atoms with Crippen LogP contribution in [-0.4, -0.2) is 52.3 Å². The van der Waals surface area contributed by atoms with Gasteiger partial charge >= 0.3 is 5.97 Å². The number of carbonyl (C=O) groups is 3. The number of aliphatic carboxylic acids is 1. The van der Waals surface area contributed by atoms with Crippen molar-refractivity contribution in [3.63, 3.8) is 0 Å². The van der Waals surface area contributed by atoms with E-state index in [4.69, 9.17) is 0 Å². The van der Waals surface area contributed by atoms with E-state index in [9.17, 15) is 19.5 Å². The molecule has 29 heavy (non-hydrogen) atoms. The number of hydrogen-bond acceptors (Lipinski definition) is 3. The van der Waals surface area contributed by atoms with Crippen molar-refractivity contribution in [3.8, 4) is 0 Å². The standard InChI is InChI=1S/C23H24N2O4/c26-21-7-4-12-24(21)13-16-8-10-18(11-9-16)22(27)25-14-19(20(15-25)23(28)29)17-5-2-1-3-6-17/h1-3,5-6,8-11,19-20H,4,7,12-15H2,(H,28,29)/t19-,20-/m1/s1. The quantitative estimate of drug-likeness (QED) is 0.849. The molecule has 2 aromatic carbocycles. The van der Waals surface area contributed by atoms with E-state index < -0.39 is 11.9 Å². The van der Waals surface area contributed by atoms with Crippen molar-refractivity contribution in [1.82, 2.24) is 9.80 Å². The summed E-state index contributed by atoms with van der Waals surface area (Å²) in [5.41, 5.74) is 2.48. The fraction of sp³-hybridized carbons (Fsp3) is 0.348. The van der Waals surface area contributed by atoms with Crippen LogP contribution in [0, 0.1) is 5.92 Å². The van der Waals surface area contributed by atoms with Crippen LogP contribution in [0.3, 0.4) is 0 Å². The number of carbonyl (C=O) groups excluding carboxylic acids is 2. The largest absolute Gasteiger partial charge is 0.481 e. The van der Waals surface area contributed by atoms with Crippen LogP contribution in [-0.2, 0) is 16.1 Å². The number of carboxylic acids is 1. The van der Waals surface area contributed by atoms with Gasteiger partial charge in [0.2, 0.25) is 5.91 Å². The predicted molar refractivity (Wildman–Crippen MR) is 107 cm³/mol. The first-order valence-electron chi connectivity index (χ1n) is 9.96. The smallest absolute Gasteiger partial charge is 0.308 e. The zero-order valence-electron chi connectivity index (χ0n) is 16.2. The SMILES string of the molecule is O=C(O)[C@@H]1CN(C(=O)c2ccc(CN3CCCC3=O)cc2)C[C@@H]1c1ccccc1. The lowest BCUT2D eigenvalue weighted by molar-refractivity contribution is -0.141. The third-order valence-corrected chi connectivity index (χ3v) is 5.90. The summed E-state index contributed by atoms with van der Waals surface area (Å²) in [7, 11) is 0. The van der Waals surface area contributed by atoms with Gasteiger partial charge in [0.1, 0.15) is 0 Å². The molecule has 150 valence electrons. The molecule has 0 spiro atoms. The fourth-order valence-electron chi connectivity index (χ4n) is 4.28. The van der Waals surface area contributed by atoms with E-state index in [-0.39, 0.29) is 24.3 Å². The van der Waals surface area contributed by atoms with E-state index in [1.165, 1.54) is 0 Å². The third-order valence-electron chi connectivity index (χ3n) is 5.90. The summed E-state index contributed by atoms with van der Waals surface area (Å²) in [6, 6.07) is 16.8. The monoisotopic (exact) mass is 392 g/mol. The number of amides is 2. The highest BCUT2D eigenvalue weighted by Crippen LogP contribution is 2.33. The summed E-state index contributed by atoms with van der Waals surface area (Å²) in [6.45, 7) is 1.94. The van der Waals surface area contributed by atoms with E-state index in [0.717, 1.165) is 24.1 Å². The van der Waals surface area contributed by atoms with Crippen LogP contribution >= 0.6 is 0 Å². The minimum absolute atomic E-state index is 0.154. The van der Waals surface area contributed by atoms with Gasteiger partial charge in [-0.1, -0.05) is 42.5 Å². The van der Waals surface area contributed by atoms with Crippen LogP contribution in [0.2, 0.25) is 0 Å². The van der Waals surface area contributed by atoms with Crippen molar-refractivity contribution in [3.05, 3.63) is 71.3 Å². The highest BCUT2D eigenvalue weighted by molar-refractivity contribution is 5.95. The molecule has 0 aromatic heterocycles. The molecule has 2 heterocycles. The van der Waals surface area contributed by atoms with Crippen LogP contribution in [0.5, 0.6) is 0 Å². The number of rotatable bonds is 5. The molecule has 0 saturated carbocycles. The fourth-order valence-corrected chi connectivity index (χ4v) is 4.28. The lowest BCUT2D eigenvalue weighted by atomic mass is 9.89. The molecule has 2 saturated heterocycles. The number of carboxylic acid groups (broad SMARTS) is 1. The van der Waals surface area contributed by atoms with Gasteiger partial charge in [-0.2, -0.15) is 0 Å². The Morgan fingerprint density at radius 1 is 1.00 bits per heavy atom. The second-order valence-corrected chi connectivity index (χ2v) is 7.79. The van der Waals surface area contributed by atoms with Crippen molar-refractivity contribution >= 4 is 17.8 Å². The average molecular weight is 392 g/mol. The lowest BCUT2D eigenvalue weighted by Gasteiger charge is -2.18. The van der Waals surface area contributed by atoms with Crippen LogP contribution in [0.25, 0.3) is 0 Å². The summed E-state index contributed by atoms with van der Waals surface area (Å²) in [5, 5.41) is 9.64. The molecular weight excluding hydrogens is 368 g/mol. The Kier molecular flexibility index (Phi) is 5.34. The predicted octanol–water partition coefficient (Wildman–Crippen LogP) is 2.75.